The first-order chi connectivity index (χ1) is 18.8. The molecule has 1 saturated heterocycles. The average Bonchev–Trinajstić information content (AvgIpc) is 3.53. The van der Waals surface area contributed by atoms with E-state index in [-0.39, 0.29) is 10.3 Å². The number of amides is 1. The average molecular weight is 576 g/mol. The molecule has 14 heteroatoms. The van der Waals surface area contributed by atoms with Gasteiger partial charge < -0.3 is 15.0 Å². The molecule has 1 aliphatic carbocycles. The van der Waals surface area contributed by atoms with Gasteiger partial charge in [-0.3, -0.25) is 19.5 Å². The first-order valence-electron chi connectivity index (χ1n) is 12.9. The maximum Gasteiger partial charge on any atom is 0.280 e. The molecular formula is C25H30FN7O4S2. The Kier molecular flexibility index (Phi) is 8.33. The van der Waals surface area contributed by atoms with Gasteiger partial charge in [0, 0.05) is 32.0 Å². The highest BCUT2D eigenvalue weighted by molar-refractivity contribution is 7.93. The van der Waals surface area contributed by atoms with Crippen molar-refractivity contribution in [1.82, 2.24) is 30.2 Å². The van der Waals surface area contributed by atoms with Gasteiger partial charge in [-0.2, -0.15) is 0 Å². The molecular weight excluding hydrogens is 545 g/mol. The van der Waals surface area contributed by atoms with Gasteiger partial charge in [-0.15, -0.1) is 11.3 Å². The Balaban J connectivity index is 1.33. The van der Waals surface area contributed by atoms with Gasteiger partial charge in [0.2, 0.25) is 15.9 Å². The number of nitrogens with one attached hydrogen (secondary N) is 2. The molecule has 1 amide bonds. The Morgan fingerprint density at radius 1 is 1.26 bits per heavy atom. The lowest BCUT2D eigenvalue weighted by atomic mass is 10.1. The molecule has 1 unspecified atom stereocenters. The number of carbonyl (C=O) groups is 1. The standard InChI is InChI=1S/C25H30FN7O4S2/c1-2-37-23-14-27-12-21(30-23)22-13-29-25(38-22)24(34)31-19(7-10-33-9-6-16(26)15-33)20-11-17(5-8-28-20)32-39(35,36)18-3-4-18/h5,8,11-14,16,18-19H,2-4,6-7,9-10,15H2,1H3,(H,28,32)(H,31,34)/t16?,19-/m1/s1. The van der Waals surface area contributed by atoms with Crippen molar-refractivity contribution in [3.8, 4) is 16.5 Å². The molecule has 3 aromatic heterocycles. The first kappa shape index (κ1) is 27.3. The Morgan fingerprint density at radius 3 is 2.85 bits per heavy atom. The maximum atomic E-state index is 13.7. The van der Waals surface area contributed by atoms with Crippen LogP contribution in [-0.2, 0) is 10.0 Å². The van der Waals surface area contributed by atoms with Gasteiger partial charge in [0.25, 0.3) is 5.91 Å². The number of hydrogen-bond donors (Lipinski definition) is 2. The summed E-state index contributed by atoms with van der Waals surface area (Å²) in [5, 5.41) is 2.86. The zero-order valence-corrected chi connectivity index (χ0v) is 23.0. The molecule has 2 aliphatic rings. The third-order valence-corrected chi connectivity index (χ3v) is 9.36. The zero-order valence-electron chi connectivity index (χ0n) is 21.4. The zero-order chi connectivity index (χ0) is 27.4. The second-order valence-electron chi connectivity index (χ2n) is 9.52. The van der Waals surface area contributed by atoms with Crippen molar-refractivity contribution >= 4 is 33.0 Å². The summed E-state index contributed by atoms with van der Waals surface area (Å²) in [5.74, 6) is -0.0177. The van der Waals surface area contributed by atoms with E-state index in [9.17, 15) is 17.6 Å². The predicted octanol–water partition coefficient (Wildman–Crippen LogP) is 3.20. The number of pyridine rings is 1. The molecule has 3 aromatic rings. The van der Waals surface area contributed by atoms with E-state index in [1.807, 2.05) is 11.8 Å². The minimum Gasteiger partial charge on any atom is -0.477 e. The molecule has 2 N–H and O–H groups in total. The Morgan fingerprint density at radius 2 is 2.10 bits per heavy atom. The van der Waals surface area contributed by atoms with Crippen molar-refractivity contribution in [2.24, 2.45) is 0 Å². The number of anilines is 1. The topological polar surface area (TPSA) is 139 Å². The largest absolute Gasteiger partial charge is 0.477 e. The van der Waals surface area contributed by atoms with Crippen LogP contribution in [0.3, 0.4) is 0 Å². The van der Waals surface area contributed by atoms with Gasteiger partial charge >= 0.3 is 0 Å². The van der Waals surface area contributed by atoms with Gasteiger partial charge in [0.1, 0.15) is 11.9 Å². The van der Waals surface area contributed by atoms with Crippen LogP contribution in [-0.4, -0.2) is 76.8 Å². The van der Waals surface area contributed by atoms with Gasteiger partial charge in [0.05, 0.1) is 46.6 Å². The summed E-state index contributed by atoms with van der Waals surface area (Å²) in [6.07, 6.45) is 7.56. The summed E-state index contributed by atoms with van der Waals surface area (Å²) in [4.78, 5) is 33.2. The second-order valence-corrected chi connectivity index (χ2v) is 12.5. The highest BCUT2D eigenvalue weighted by Gasteiger charge is 2.36. The number of sulfonamides is 1. The van der Waals surface area contributed by atoms with Crippen molar-refractivity contribution in [2.45, 2.75) is 50.1 Å². The van der Waals surface area contributed by atoms with Crippen LogP contribution in [0.15, 0.2) is 36.9 Å². The number of alkyl halides is 1. The van der Waals surface area contributed by atoms with Gasteiger partial charge in [-0.05, 0) is 44.7 Å². The molecule has 0 spiro atoms. The van der Waals surface area contributed by atoms with E-state index < -0.39 is 28.1 Å². The number of carbonyl (C=O) groups excluding carboxylic acids is 1. The molecule has 0 aromatic carbocycles. The van der Waals surface area contributed by atoms with E-state index >= 15 is 0 Å². The number of hydrogen-bond acceptors (Lipinski definition) is 10. The molecule has 11 nitrogen and oxygen atoms in total. The number of nitrogens with zero attached hydrogens (tertiary/aromatic N) is 5. The van der Waals surface area contributed by atoms with E-state index in [0.29, 0.717) is 79.8 Å². The molecule has 2 fully saturated rings. The maximum absolute atomic E-state index is 13.7. The smallest absolute Gasteiger partial charge is 0.280 e. The Labute approximate surface area is 230 Å². The molecule has 39 heavy (non-hydrogen) atoms. The molecule has 4 heterocycles. The lowest BCUT2D eigenvalue weighted by Gasteiger charge is -2.22. The monoisotopic (exact) mass is 575 g/mol. The third kappa shape index (κ3) is 7.05. The van der Waals surface area contributed by atoms with Crippen molar-refractivity contribution in [3.63, 3.8) is 0 Å². The van der Waals surface area contributed by atoms with Crippen molar-refractivity contribution in [2.75, 3.05) is 31.0 Å². The first-order valence-corrected chi connectivity index (χ1v) is 15.2. The minimum atomic E-state index is -3.45. The number of likely N-dealkylation sites (tertiary alicyclic amines) is 1. The summed E-state index contributed by atoms with van der Waals surface area (Å²) in [6.45, 7) is 3.86. The van der Waals surface area contributed by atoms with Crippen LogP contribution >= 0.6 is 11.3 Å². The van der Waals surface area contributed by atoms with E-state index in [1.54, 1.807) is 24.5 Å². The van der Waals surface area contributed by atoms with Gasteiger partial charge in [-0.1, -0.05) is 0 Å². The number of halogens is 1. The molecule has 2 atom stereocenters. The molecule has 5 rings (SSSR count). The molecule has 0 bridgehead atoms. The van der Waals surface area contributed by atoms with Gasteiger partial charge in [-0.25, -0.2) is 22.8 Å². The van der Waals surface area contributed by atoms with Crippen molar-refractivity contribution in [1.29, 1.82) is 0 Å². The molecule has 1 aliphatic heterocycles. The van der Waals surface area contributed by atoms with Crippen LogP contribution in [0.5, 0.6) is 5.88 Å². The van der Waals surface area contributed by atoms with E-state index in [2.05, 4.69) is 30.0 Å². The minimum absolute atomic E-state index is 0.231. The van der Waals surface area contributed by atoms with Gasteiger partial charge in [0.15, 0.2) is 5.01 Å². The summed E-state index contributed by atoms with van der Waals surface area (Å²) in [5.41, 5.74) is 1.43. The van der Waals surface area contributed by atoms with E-state index in [1.165, 1.54) is 23.7 Å². The number of thiazole rings is 1. The van der Waals surface area contributed by atoms with Crippen molar-refractivity contribution < 1.29 is 22.3 Å². The summed E-state index contributed by atoms with van der Waals surface area (Å²) in [7, 11) is -3.45. The van der Waals surface area contributed by atoms with E-state index in [0.717, 1.165) is 0 Å². The predicted molar refractivity (Wildman–Crippen MR) is 145 cm³/mol. The lowest BCUT2D eigenvalue weighted by molar-refractivity contribution is 0.0930. The van der Waals surface area contributed by atoms with Crippen LogP contribution in [0.2, 0.25) is 0 Å². The fourth-order valence-corrected chi connectivity index (χ4v) is 6.48. The normalized spacial score (nSPS) is 18.6. The highest BCUT2D eigenvalue weighted by Crippen LogP contribution is 2.31. The lowest BCUT2D eigenvalue weighted by Crippen LogP contribution is -2.33. The number of rotatable bonds is 12. The number of ether oxygens (including phenoxy) is 1. The fourth-order valence-electron chi connectivity index (χ4n) is 4.32. The van der Waals surface area contributed by atoms with Crippen LogP contribution < -0.4 is 14.8 Å². The SMILES string of the molecule is CCOc1cncc(-c2cnc(C(=O)N[C@H](CCN3CCC(F)C3)c3cc(NS(=O)(=O)C4CC4)ccn3)s2)n1. The Bertz CT molecular complexity index is 1420. The third-order valence-electron chi connectivity index (χ3n) is 6.47. The van der Waals surface area contributed by atoms with Crippen LogP contribution in [0.25, 0.3) is 10.6 Å². The van der Waals surface area contributed by atoms with Crippen LogP contribution in [0, 0.1) is 0 Å². The van der Waals surface area contributed by atoms with Crippen LogP contribution in [0.1, 0.15) is 54.1 Å². The Hall–Kier alpha value is -3.23. The summed E-state index contributed by atoms with van der Waals surface area (Å²) < 4.78 is 46.7. The second kappa shape index (κ2) is 11.9. The van der Waals surface area contributed by atoms with Crippen molar-refractivity contribution in [3.05, 3.63) is 47.6 Å². The highest BCUT2D eigenvalue weighted by atomic mass is 32.2. The quantitative estimate of drug-likeness (QED) is 0.333. The van der Waals surface area contributed by atoms with Crippen LogP contribution in [0.4, 0.5) is 10.1 Å². The molecule has 1 saturated carbocycles. The fraction of sp³-hybridized carbons (Fsp3) is 0.480. The number of aromatic nitrogens is 4. The summed E-state index contributed by atoms with van der Waals surface area (Å²) >= 11 is 1.17. The molecule has 0 radical (unpaired) electrons. The summed E-state index contributed by atoms with van der Waals surface area (Å²) in [6, 6.07) is 2.67. The molecule has 208 valence electrons. The van der Waals surface area contributed by atoms with E-state index in [4.69, 9.17) is 4.74 Å².